The number of carbonyl (C=O) groups excluding carboxylic acids is 1. The summed E-state index contributed by atoms with van der Waals surface area (Å²) >= 11 is 7.30. The molecule has 4 rings (SSSR count). The van der Waals surface area contributed by atoms with E-state index in [1.807, 2.05) is 80.6 Å². The molecule has 0 spiro atoms. The number of esters is 1. The number of hydrogen-bond donors (Lipinski definition) is 1. The SMILES string of the molecule is CCOC(=O)C1=C(O)/C(=C/c2cc(C)n(-c3ccc(Cl)cc3)c2C)SC1=Nc1ccccc1. The zero-order valence-corrected chi connectivity index (χ0v) is 20.1. The highest BCUT2D eigenvalue weighted by atomic mass is 35.5. The third-order valence-corrected chi connectivity index (χ3v) is 6.47. The second-order valence-corrected chi connectivity index (χ2v) is 8.91. The van der Waals surface area contributed by atoms with E-state index in [1.54, 1.807) is 6.92 Å². The number of hydrogen-bond acceptors (Lipinski definition) is 5. The van der Waals surface area contributed by atoms with Crippen molar-refractivity contribution >= 4 is 46.1 Å². The molecule has 0 amide bonds. The van der Waals surface area contributed by atoms with E-state index in [4.69, 9.17) is 16.3 Å². The maximum atomic E-state index is 12.6. The highest BCUT2D eigenvalue weighted by Gasteiger charge is 2.33. The van der Waals surface area contributed by atoms with Gasteiger partial charge < -0.3 is 14.4 Å². The first-order valence-electron chi connectivity index (χ1n) is 10.5. The Morgan fingerprint density at radius 1 is 1.15 bits per heavy atom. The molecule has 5 nitrogen and oxygen atoms in total. The van der Waals surface area contributed by atoms with Gasteiger partial charge in [0.1, 0.15) is 16.4 Å². The molecule has 0 aliphatic carbocycles. The van der Waals surface area contributed by atoms with Crippen LogP contribution >= 0.6 is 23.4 Å². The molecule has 2 heterocycles. The summed E-state index contributed by atoms with van der Waals surface area (Å²) in [5.74, 6) is -0.711. The minimum absolute atomic E-state index is 0.0865. The van der Waals surface area contributed by atoms with Gasteiger partial charge in [-0.25, -0.2) is 9.79 Å². The minimum Gasteiger partial charge on any atom is -0.506 e. The van der Waals surface area contributed by atoms with Crippen LogP contribution < -0.4 is 0 Å². The number of aliphatic imine (C=N–C) groups is 1. The van der Waals surface area contributed by atoms with Crippen molar-refractivity contribution < 1.29 is 14.6 Å². The van der Waals surface area contributed by atoms with Crippen LogP contribution in [0.5, 0.6) is 0 Å². The van der Waals surface area contributed by atoms with Crippen molar-refractivity contribution in [1.29, 1.82) is 0 Å². The standard InChI is InChI=1S/C26H23ClN2O3S/c1-4-32-26(31)23-24(30)22(33-25(23)28-20-8-6-5-7-9-20)15-18-14-16(2)29(17(18)3)21-12-10-19(27)11-13-21/h5-15,30H,4H2,1-3H3/b22-15-,28-25?. The number of thioether (sulfide) groups is 1. The van der Waals surface area contributed by atoms with E-state index in [-0.39, 0.29) is 17.9 Å². The molecule has 1 aromatic heterocycles. The molecule has 0 fully saturated rings. The van der Waals surface area contributed by atoms with Crippen LogP contribution in [0.25, 0.3) is 11.8 Å². The zero-order valence-electron chi connectivity index (χ0n) is 18.5. The van der Waals surface area contributed by atoms with E-state index in [9.17, 15) is 9.90 Å². The number of ether oxygens (including phenoxy) is 1. The Balaban J connectivity index is 1.77. The fourth-order valence-electron chi connectivity index (χ4n) is 3.67. The third-order valence-electron chi connectivity index (χ3n) is 5.20. The fourth-order valence-corrected chi connectivity index (χ4v) is 4.83. The third kappa shape index (κ3) is 4.77. The summed E-state index contributed by atoms with van der Waals surface area (Å²) in [4.78, 5) is 17.7. The lowest BCUT2D eigenvalue weighted by molar-refractivity contribution is -0.138. The molecule has 1 aliphatic rings. The monoisotopic (exact) mass is 478 g/mol. The van der Waals surface area contributed by atoms with Gasteiger partial charge in [-0.1, -0.05) is 41.6 Å². The van der Waals surface area contributed by atoms with Crippen LogP contribution in [0.4, 0.5) is 5.69 Å². The van der Waals surface area contributed by atoms with Gasteiger partial charge in [-0.05, 0) is 74.9 Å². The number of aliphatic hydroxyl groups excluding tert-OH is 1. The summed E-state index contributed by atoms with van der Waals surface area (Å²) < 4.78 is 7.30. The van der Waals surface area contributed by atoms with Crippen LogP contribution in [0.3, 0.4) is 0 Å². The number of benzene rings is 2. The lowest BCUT2D eigenvalue weighted by atomic mass is 10.2. The molecule has 1 N–H and O–H groups in total. The van der Waals surface area contributed by atoms with Crippen LogP contribution in [-0.2, 0) is 9.53 Å². The first kappa shape index (κ1) is 23.0. The molecule has 0 bridgehead atoms. The normalized spacial score (nSPS) is 16.1. The first-order chi connectivity index (χ1) is 15.9. The van der Waals surface area contributed by atoms with Crippen LogP contribution in [0.15, 0.2) is 81.9 Å². The molecular weight excluding hydrogens is 456 g/mol. The molecule has 2 aromatic carbocycles. The van der Waals surface area contributed by atoms with E-state index in [2.05, 4.69) is 9.56 Å². The highest BCUT2D eigenvalue weighted by Crippen LogP contribution is 2.41. The number of nitrogens with zero attached hydrogens (tertiary/aromatic N) is 2. The van der Waals surface area contributed by atoms with Gasteiger partial charge in [0.2, 0.25) is 0 Å². The van der Waals surface area contributed by atoms with Crippen molar-refractivity contribution in [3.8, 4) is 5.69 Å². The summed E-state index contributed by atoms with van der Waals surface area (Å²) in [6.45, 7) is 5.97. The van der Waals surface area contributed by atoms with E-state index in [0.717, 1.165) is 22.6 Å². The molecule has 0 saturated carbocycles. The summed E-state index contributed by atoms with van der Waals surface area (Å²) in [5, 5.41) is 12.0. The number of aryl methyl sites for hydroxylation is 1. The number of aromatic nitrogens is 1. The molecule has 1 aliphatic heterocycles. The van der Waals surface area contributed by atoms with Crippen molar-refractivity contribution in [2.45, 2.75) is 20.8 Å². The number of carbonyl (C=O) groups is 1. The summed E-state index contributed by atoms with van der Waals surface area (Å²) in [6, 6.07) is 19.0. The topological polar surface area (TPSA) is 63.8 Å². The Labute approximate surface area is 202 Å². The Hall–Kier alpha value is -3.22. The van der Waals surface area contributed by atoms with Gasteiger partial charge in [-0.2, -0.15) is 0 Å². The van der Waals surface area contributed by atoms with Crippen molar-refractivity contribution in [2.75, 3.05) is 6.61 Å². The summed E-state index contributed by atoms with van der Waals surface area (Å²) in [5.41, 5.74) is 4.75. The van der Waals surface area contributed by atoms with E-state index < -0.39 is 5.97 Å². The van der Waals surface area contributed by atoms with Gasteiger partial charge >= 0.3 is 5.97 Å². The molecule has 168 valence electrons. The molecule has 3 aromatic rings. The van der Waals surface area contributed by atoms with Crippen molar-refractivity contribution in [2.24, 2.45) is 4.99 Å². The predicted octanol–water partition coefficient (Wildman–Crippen LogP) is 6.94. The van der Waals surface area contributed by atoms with Crippen molar-refractivity contribution in [3.63, 3.8) is 0 Å². The van der Waals surface area contributed by atoms with Crippen molar-refractivity contribution in [1.82, 2.24) is 4.57 Å². The van der Waals surface area contributed by atoms with Crippen molar-refractivity contribution in [3.05, 3.63) is 98.9 Å². The van der Waals surface area contributed by atoms with E-state index >= 15 is 0 Å². The van der Waals surface area contributed by atoms with Crippen LogP contribution in [0, 0.1) is 13.8 Å². The maximum Gasteiger partial charge on any atom is 0.344 e. The quantitative estimate of drug-likeness (QED) is 0.403. The van der Waals surface area contributed by atoms with Gasteiger partial charge in [0.15, 0.2) is 0 Å². The number of rotatable bonds is 5. The van der Waals surface area contributed by atoms with Crippen LogP contribution in [0.2, 0.25) is 5.02 Å². The lowest BCUT2D eigenvalue weighted by Crippen LogP contribution is -2.12. The zero-order chi connectivity index (χ0) is 23.5. The Morgan fingerprint density at radius 3 is 2.52 bits per heavy atom. The van der Waals surface area contributed by atoms with Gasteiger partial charge in [0, 0.05) is 22.1 Å². The number of halogens is 1. The number of aliphatic hydroxyl groups is 1. The van der Waals surface area contributed by atoms with E-state index in [1.165, 1.54) is 11.8 Å². The Morgan fingerprint density at radius 2 is 1.85 bits per heavy atom. The molecule has 0 unspecified atom stereocenters. The molecule has 0 atom stereocenters. The smallest absolute Gasteiger partial charge is 0.344 e. The van der Waals surface area contributed by atoms with Gasteiger partial charge in [-0.3, -0.25) is 0 Å². The molecule has 0 saturated heterocycles. The second kappa shape index (κ2) is 9.73. The fraction of sp³-hybridized carbons (Fsp3) is 0.154. The molecule has 7 heteroatoms. The number of para-hydroxylation sites is 1. The van der Waals surface area contributed by atoms with Gasteiger partial charge in [0.05, 0.1) is 17.2 Å². The lowest BCUT2D eigenvalue weighted by Gasteiger charge is -2.09. The Kier molecular flexibility index (Phi) is 6.77. The van der Waals surface area contributed by atoms with Crippen LogP contribution in [-0.4, -0.2) is 27.3 Å². The predicted molar refractivity (Wildman–Crippen MR) is 136 cm³/mol. The molecule has 0 radical (unpaired) electrons. The first-order valence-corrected chi connectivity index (χ1v) is 11.7. The summed E-state index contributed by atoms with van der Waals surface area (Å²) in [7, 11) is 0. The average Bonchev–Trinajstić information content (AvgIpc) is 3.25. The van der Waals surface area contributed by atoms with Gasteiger partial charge in [0.25, 0.3) is 0 Å². The molecule has 33 heavy (non-hydrogen) atoms. The highest BCUT2D eigenvalue weighted by molar-refractivity contribution is 8.18. The van der Waals surface area contributed by atoms with E-state index in [0.29, 0.717) is 20.7 Å². The minimum atomic E-state index is -0.591. The largest absolute Gasteiger partial charge is 0.506 e. The molecular formula is C26H23ClN2O3S. The second-order valence-electron chi connectivity index (χ2n) is 7.45. The summed E-state index contributed by atoms with van der Waals surface area (Å²) in [6.07, 6.45) is 1.88. The van der Waals surface area contributed by atoms with Crippen LogP contribution in [0.1, 0.15) is 23.9 Å². The maximum absolute atomic E-state index is 12.6. The van der Waals surface area contributed by atoms with Gasteiger partial charge in [-0.15, -0.1) is 0 Å². The average molecular weight is 479 g/mol. The Bertz CT molecular complexity index is 1290.